The van der Waals surface area contributed by atoms with Gasteiger partial charge in [-0.1, -0.05) is 0 Å². The molecule has 0 aliphatic rings. The molecule has 0 fully saturated rings. The molecule has 1 heterocycles. The lowest BCUT2D eigenvalue weighted by Gasteiger charge is -2.13. The van der Waals surface area contributed by atoms with Crippen molar-refractivity contribution in [3.8, 4) is 11.5 Å². The first-order valence-electron chi connectivity index (χ1n) is 6.24. The molecule has 0 saturated carbocycles. The molecule has 2 rings (SSSR count). The Labute approximate surface area is 117 Å². The largest absolute Gasteiger partial charge is 0.493 e. The zero-order valence-electron chi connectivity index (χ0n) is 11.9. The number of anilines is 2. The van der Waals surface area contributed by atoms with Gasteiger partial charge in [0.05, 0.1) is 25.6 Å². The van der Waals surface area contributed by atoms with Gasteiger partial charge < -0.3 is 20.5 Å². The van der Waals surface area contributed by atoms with Crippen LogP contribution in [0.25, 0.3) is 0 Å². The number of methoxy groups -OCH3 is 2. The van der Waals surface area contributed by atoms with E-state index < -0.39 is 0 Å². The summed E-state index contributed by atoms with van der Waals surface area (Å²) in [6, 6.07) is 3.56. The van der Waals surface area contributed by atoms with E-state index in [4.69, 9.17) is 15.2 Å². The Hall–Kier alpha value is -2.44. The number of ether oxygens (including phenoxy) is 2. The molecule has 20 heavy (non-hydrogen) atoms. The minimum atomic E-state index is 0.608. The minimum absolute atomic E-state index is 0.608. The maximum Gasteiger partial charge on any atom is 0.162 e. The highest BCUT2D eigenvalue weighted by molar-refractivity contribution is 5.72. The quantitative estimate of drug-likeness (QED) is 0.768. The van der Waals surface area contributed by atoms with Crippen molar-refractivity contribution in [3.05, 3.63) is 24.3 Å². The fourth-order valence-electron chi connectivity index (χ4n) is 1.86. The number of hydrogen-bond donors (Lipinski definition) is 2. The Bertz CT molecular complexity index is 582. The van der Waals surface area contributed by atoms with Gasteiger partial charge in [0.1, 0.15) is 6.33 Å². The Morgan fingerprint density at radius 2 is 1.95 bits per heavy atom. The van der Waals surface area contributed by atoms with Gasteiger partial charge in [-0.25, -0.2) is 4.98 Å². The summed E-state index contributed by atoms with van der Waals surface area (Å²) in [5.74, 6) is 2.04. The van der Waals surface area contributed by atoms with Gasteiger partial charge in [-0.3, -0.25) is 4.68 Å². The highest BCUT2D eigenvalue weighted by atomic mass is 16.5. The van der Waals surface area contributed by atoms with Crippen LogP contribution in [0.3, 0.4) is 0 Å². The van der Waals surface area contributed by atoms with Crippen LogP contribution in [0.5, 0.6) is 11.5 Å². The van der Waals surface area contributed by atoms with E-state index in [0.717, 1.165) is 11.5 Å². The molecule has 7 heteroatoms. The molecule has 7 nitrogen and oxygen atoms in total. The van der Waals surface area contributed by atoms with Gasteiger partial charge in [0.25, 0.3) is 0 Å². The van der Waals surface area contributed by atoms with E-state index in [9.17, 15) is 0 Å². The highest BCUT2D eigenvalue weighted by Gasteiger charge is 2.09. The van der Waals surface area contributed by atoms with Crippen molar-refractivity contribution in [2.45, 2.75) is 6.42 Å². The van der Waals surface area contributed by atoms with Crippen molar-refractivity contribution in [1.82, 2.24) is 14.8 Å². The molecule has 3 N–H and O–H groups in total. The van der Waals surface area contributed by atoms with Crippen LogP contribution < -0.4 is 20.5 Å². The number of benzene rings is 1. The van der Waals surface area contributed by atoms with Crippen LogP contribution in [0.15, 0.2) is 18.5 Å². The average Bonchev–Trinajstić information content (AvgIpc) is 2.85. The van der Waals surface area contributed by atoms with Crippen molar-refractivity contribution in [1.29, 1.82) is 0 Å². The van der Waals surface area contributed by atoms with Crippen molar-refractivity contribution in [3.63, 3.8) is 0 Å². The minimum Gasteiger partial charge on any atom is -0.493 e. The van der Waals surface area contributed by atoms with Crippen LogP contribution in [-0.4, -0.2) is 35.5 Å². The Morgan fingerprint density at radius 1 is 1.25 bits per heavy atom. The standard InChI is InChI=1S/C13H19N5O2/c1-18-8-16-13(17-18)4-5-15-10-7-12(20-3)11(19-2)6-9(10)14/h6-8,15H,4-5,14H2,1-3H3. The second-order valence-corrected chi connectivity index (χ2v) is 4.31. The molecule has 1 aromatic heterocycles. The number of nitrogen functional groups attached to an aromatic ring is 1. The van der Waals surface area contributed by atoms with Gasteiger partial charge in [0.15, 0.2) is 17.3 Å². The Morgan fingerprint density at radius 3 is 2.55 bits per heavy atom. The number of nitrogens with zero attached hydrogens (tertiary/aromatic N) is 3. The summed E-state index contributed by atoms with van der Waals surface area (Å²) in [6.07, 6.45) is 2.40. The van der Waals surface area contributed by atoms with Crippen LogP contribution >= 0.6 is 0 Å². The molecule has 0 atom stereocenters. The third-order valence-corrected chi connectivity index (χ3v) is 2.87. The lowest BCUT2D eigenvalue weighted by Crippen LogP contribution is -2.08. The molecule has 0 spiro atoms. The van der Waals surface area contributed by atoms with Crippen LogP contribution in [0, 0.1) is 0 Å². The molecule has 1 aromatic carbocycles. The zero-order chi connectivity index (χ0) is 14.5. The van der Waals surface area contributed by atoms with E-state index >= 15 is 0 Å². The maximum absolute atomic E-state index is 5.97. The average molecular weight is 277 g/mol. The highest BCUT2D eigenvalue weighted by Crippen LogP contribution is 2.34. The van der Waals surface area contributed by atoms with Crippen LogP contribution in [-0.2, 0) is 13.5 Å². The first-order valence-corrected chi connectivity index (χ1v) is 6.24. The molecule has 0 aliphatic carbocycles. The van der Waals surface area contributed by atoms with E-state index in [1.807, 2.05) is 13.1 Å². The van der Waals surface area contributed by atoms with Crippen molar-refractivity contribution < 1.29 is 9.47 Å². The smallest absolute Gasteiger partial charge is 0.162 e. The number of nitrogens with two attached hydrogens (primary N) is 1. The molecule has 0 radical (unpaired) electrons. The first-order chi connectivity index (χ1) is 9.63. The number of aryl methyl sites for hydroxylation is 1. The topological polar surface area (TPSA) is 87.2 Å². The zero-order valence-corrected chi connectivity index (χ0v) is 11.9. The predicted octanol–water partition coefficient (Wildman–Crippen LogP) is 1.07. The van der Waals surface area contributed by atoms with E-state index in [2.05, 4.69) is 15.4 Å². The van der Waals surface area contributed by atoms with Gasteiger partial charge in [-0.15, -0.1) is 0 Å². The third-order valence-electron chi connectivity index (χ3n) is 2.87. The molecule has 0 saturated heterocycles. The molecular weight excluding hydrogens is 258 g/mol. The van der Waals surface area contributed by atoms with Gasteiger partial charge >= 0.3 is 0 Å². The first kappa shape index (κ1) is 14.0. The van der Waals surface area contributed by atoms with E-state index in [1.165, 1.54) is 0 Å². The molecule has 108 valence electrons. The molecule has 0 aliphatic heterocycles. The number of hydrogen-bond acceptors (Lipinski definition) is 6. The molecule has 0 amide bonds. The maximum atomic E-state index is 5.97. The Balaban J connectivity index is 2.02. The van der Waals surface area contributed by atoms with Crippen molar-refractivity contribution in [2.24, 2.45) is 7.05 Å². The normalized spacial score (nSPS) is 10.3. The van der Waals surface area contributed by atoms with E-state index in [-0.39, 0.29) is 0 Å². The van der Waals surface area contributed by atoms with E-state index in [0.29, 0.717) is 30.2 Å². The second-order valence-electron chi connectivity index (χ2n) is 4.31. The Kier molecular flexibility index (Phi) is 4.29. The molecule has 2 aromatic rings. The molecular formula is C13H19N5O2. The molecule has 0 unspecified atom stereocenters. The molecule has 0 bridgehead atoms. The summed E-state index contributed by atoms with van der Waals surface area (Å²) in [4.78, 5) is 4.17. The summed E-state index contributed by atoms with van der Waals surface area (Å²) < 4.78 is 12.1. The number of nitrogens with one attached hydrogen (secondary N) is 1. The summed E-state index contributed by atoms with van der Waals surface area (Å²) in [7, 11) is 5.02. The van der Waals surface area contributed by atoms with Gasteiger partial charge in [0, 0.05) is 32.1 Å². The number of aromatic nitrogens is 3. The van der Waals surface area contributed by atoms with Crippen LogP contribution in [0.4, 0.5) is 11.4 Å². The van der Waals surface area contributed by atoms with Gasteiger partial charge in [-0.05, 0) is 0 Å². The predicted molar refractivity (Wildman–Crippen MR) is 77.2 cm³/mol. The van der Waals surface area contributed by atoms with Crippen molar-refractivity contribution in [2.75, 3.05) is 31.8 Å². The summed E-state index contributed by atoms with van der Waals surface area (Å²) >= 11 is 0. The second kappa shape index (κ2) is 6.14. The van der Waals surface area contributed by atoms with Crippen LogP contribution in [0.2, 0.25) is 0 Å². The summed E-state index contributed by atoms with van der Waals surface area (Å²) in [5.41, 5.74) is 7.38. The van der Waals surface area contributed by atoms with Crippen LogP contribution in [0.1, 0.15) is 5.82 Å². The third kappa shape index (κ3) is 3.11. The summed E-state index contributed by atoms with van der Waals surface area (Å²) in [6.45, 7) is 0.684. The van der Waals surface area contributed by atoms with E-state index in [1.54, 1.807) is 31.3 Å². The van der Waals surface area contributed by atoms with Gasteiger partial charge in [-0.2, -0.15) is 5.10 Å². The fraction of sp³-hybridized carbons (Fsp3) is 0.385. The van der Waals surface area contributed by atoms with Crippen molar-refractivity contribution >= 4 is 11.4 Å². The monoisotopic (exact) mass is 277 g/mol. The lowest BCUT2D eigenvalue weighted by molar-refractivity contribution is 0.355. The van der Waals surface area contributed by atoms with Gasteiger partial charge in [0.2, 0.25) is 0 Å². The fourth-order valence-corrected chi connectivity index (χ4v) is 1.86. The summed E-state index contributed by atoms with van der Waals surface area (Å²) in [5, 5.41) is 7.46. The number of rotatable bonds is 6. The lowest BCUT2D eigenvalue weighted by atomic mass is 10.2. The SMILES string of the molecule is COc1cc(N)c(NCCc2ncn(C)n2)cc1OC.